The Labute approximate surface area is 164 Å². The number of aromatic nitrogens is 1. The minimum atomic E-state index is -4.43. The van der Waals surface area contributed by atoms with Crippen LogP contribution in [0.15, 0.2) is 60.7 Å². The van der Waals surface area contributed by atoms with Crippen molar-refractivity contribution in [3.05, 3.63) is 75.4 Å². The Hall–Kier alpha value is -2.10. The second kappa shape index (κ2) is 7.14. The van der Waals surface area contributed by atoms with Gasteiger partial charge in [-0.3, -0.25) is 0 Å². The van der Waals surface area contributed by atoms with Crippen LogP contribution in [0.1, 0.15) is 11.1 Å². The molecule has 0 N–H and O–H groups in total. The Kier molecular flexibility index (Phi) is 5.20. The third-order valence-electron chi connectivity index (χ3n) is 3.84. The van der Waals surface area contributed by atoms with Crippen LogP contribution in [0.5, 0.6) is 0 Å². The van der Waals surface area contributed by atoms with Gasteiger partial charge in [0.05, 0.1) is 22.5 Å². The predicted molar refractivity (Wildman–Crippen MR) is 97.8 cm³/mol. The van der Waals surface area contributed by atoms with Gasteiger partial charge in [-0.2, -0.15) is 26.3 Å². The molecule has 140 valence electrons. The molecule has 1 aromatic heterocycles. The van der Waals surface area contributed by atoms with Crippen LogP contribution in [0.4, 0.5) is 26.3 Å². The molecular weight excluding hydrogens is 483 g/mol. The molecule has 2 aromatic carbocycles. The number of pyridine rings is 1. The van der Waals surface area contributed by atoms with E-state index >= 15 is 0 Å². The number of hydrogen-bond donors (Lipinski definition) is 0. The number of rotatable bonds is 2. The first kappa shape index (κ1) is 19.7. The molecule has 0 radical (unpaired) electrons. The molecule has 0 spiro atoms. The van der Waals surface area contributed by atoms with Gasteiger partial charge in [0.2, 0.25) is 0 Å². The van der Waals surface area contributed by atoms with E-state index in [2.05, 4.69) is 4.98 Å². The van der Waals surface area contributed by atoms with E-state index in [9.17, 15) is 26.3 Å². The maximum absolute atomic E-state index is 12.7. The number of nitrogens with zero attached hydrogens (tertiary/aromatic N) is 1. The first-order valence-electron chi connectivity index (χ1n) is 7.57. The summed E-state index contributed by atoms with van der Waals surface area (Å²) in [5, 5.41) is 0. The minimum absolute atomic E-state index is 0.430. The van der Waals surface area contributed by atoms with Crippen molar-refractivity contribution in [1.82, 2.24) is 4.98 Å². The molecule has 8 heteroatoms. The van der Waals surface area contributed by atoms with Crippen molar-refractivity contribution in [1.29, 1.82) is 0 Å². The van der Waals surface area contributed by atoms with E-state index in [4.69, 9.17) is 0 Å². The van der Waals surface area contributed by atoms with Crippen molar-refractivity contribution in [2.24, 2.45) is 0 Å². The van der Waals surface area contributed by atoms with Crippen LogP contribution >= 0.6 is 22.6 Å². The summed E-state index contributed by atoms with van der Waals surface area (Å²) < 4.78 is 76.9. The van der Waals surface area contributed by atoms with Crippen LogP contribution in [-0.4, -0.2) is 4.98 Å². The van der Waals surface area contributed by atoms with Crippen LogP contribution in [0, 0.1) is 3.57 Å². The Morgan fingerprint density at radius 3 is 1.48 bits per heavy atom. The first-order chi connectivity index (χ1) is 12.6. The molecule has 0 bridgehead atoms. The van der Waals surface area contributed by atoms with Gasteiger partial charge in [0.25, 0.3) is 0 Å². The lowest BCUT2D eigenvalue weighted by atomic mass is 10.1. The van der Waals surface area contributed by atoms with Gasteiger partial charge < -0.3 is 0 Å². The molecule has 1 nitrogen and oxygen atoms in total. The second-order valence-electron chi connectivity index (χ2n) is 5.68. The molecule has 0 unspecified atom stereocenters. The first-order valence-corrected chi connectivity index (χ1v) is 8.65. The molecular formula is C19H10F6IN. The lowest BCUT2D eigenvalue weighted by Crippen LogP contribution is -2.04. The molecule has 27 heavy (non-hydrogen) atoms. The summed E-state index contributed by atoms with van der Waals surface area (Å²) in [6, 6.07) is 12.5. The van der Waals surface area contributed by atoms with Gasteiger partial charge in [0.15, 0.2) is 0 Å². The highest BCUT2D eigenvalue weighted by atomic mass is 127. The molecule has 1 heterocycles. The minimum Gasteiger partial charge on any atom is -0.247 e. The zero-order valence-electron chi connectivity index (χ0n) is 13.4. The molecule has 0 aliphatic heterocycles. The van der Waals surface area contributed by atoms with E-state index in [0.717, 1.165) is 24.3 Å². The Morgan fingerprint density at radius 1 is 0.593 bits per heavy atom. The van der Waals surface area contributed by atoms with Crippen molar-refractivity contribution < 1.29 is 26.3 Å². The number of hydrogen-bond acceptors (Lipinski definition) is 1. The van der Waals surface area contributed by atoms with Crippen molar-refractivity contribution in [2.75, 3.05) is 0 Å². The standard InChI is InChI=1S/C19H10F6IN/c20-18(21,22)13-5-1-11(2-6-13)16-10-9-15(26)17(27-16)12-3-7-14(8-4-12)19(23,24)25/h1-10H. The molecule has 0 saturated heterocycles. The fraction of sp³-hybridized carbons (Fsp3) is 0.105. The second-order valence-corrected chi connectivity index (χ2v) is 6.84. The largest absolute Gasteiger partial charge is 0.416 e. The summed E-state index contributed by atoms with van der Waals surface area (Å²) in [5.74, 6) is 0. The van der Waals surface area contributed by atoms with Crippen LogP contribution in [0.2, 0.25) is 0 Å². The molecule has 0 saturated carbocycles. The number of alkyl halides is 6. The average molecular weight is 493 g/mol. The number of halogens is 7. The Morgan fingerprint density at radius 2 is 1.04 bits per heavy atom. The highest BCUT2D eigenvalue weighted by Crippen LogP contribution is 2.34. The van der Waals surface area contributed by atoms with Gasteiger partial charge in [-0.25, -0.2) is 4.98 Å². The van der Waals surface area contributed by atoms with Gasteiger partial charge in [0.1, 0.15) is 0 Å². The average Bonchev–Trinajstić information content (AvgIpc) is 2.61. The SMILES string of the molecule is FC(F)(F)c1ccc(-c2ccc(I)c(-c3ccc(C(F)(F)F)cc3)n2)cc1. The van der Waals surface area contributed by atoms with Crippen LogP contribution in [0.25, 0.3) is 22.5 Å². The maximum Gasteiger partial charge on any atom is 0.416 e. The predicted octanol–water partition coefficient (Wildman–Crippen LogP) is 7.06. The molecule has 0 aliphatic carbocycles. The van der Waals surface area contributed by atoms with Gasteiger partial charge in [-0.15, -0.1) is 0 Å². The summed E-state index contributed by atoms with van der Waals surface area (Å²) in [6.07, 6.45) is -8.86. The van der Waals surface area contributed by atoms with Gasteiger partial charge in [-0.1, -0.05) is 24.3 Å². The fourth-order valence-electron chi connectivity index (χ4n) is 2.45. The lowest BCUT2D eigenvalue weighted by Gasteiger charge is -2.11. The third-order valence-corrected chi connectivity index (χ3v) is 4.71. The highest BCUT2D eigenvalue weighted by molar-refractivity contribution is 14.1. The fourth-order valence-corrected chi connectivity index (χ4v) is 3.06. The van der Waals surface area contributed by atoms with Crippen LogP contribution in [0.3, 0.4) is 0 Å². The summed E-state index contributed by atoms with van der Waals surface area (Å²) in [6.45, 7) is 0. The van der Waals surface area contributed by atoms with E-state index in [-0.39, 0.29) is 0 Å². The van der Waals surface area contributed by atoms with Crippen LogP contribution in [-0.2, 0) is 12.4 Å². The zero-order chi connectivity index (χ0) is 19.8. The van der Waals surface area contributed by atoms with E-state index in [1.54, 1.807) is 12.1 Å². The van der Waals surface area contributed by atoms with Crippen molar-refractivity contribution in [3.8, 4) is 22.5 Å². The normalized spacial score (nSPS) is 12.3. The van der Waals surface area contributed by atoms with Crippen LogP contribution < -0.4 is 0 Å². The summed E-state index contributed by atoms with van der Waals surface area (Å²) >= 11 is 2.01. The van der Waals surface area contributed by atoms with Crippen molar-refractivity contribution in [2.45, 2.75) is 12.4 Å². The summed E-state index contributed by atoms with van der Waals surface area (Å²) in [7, 11) is 0. The Bertz CT molecular complexity index is 944. The molecule has 0 aliphatic rings. The Balaban J connectivity index is 1.97. The van der Waals surface area contributed by atoms with E-state index < -0.39 is 23.5 Å². The van der Waals surface area contributed by atoms with E-state index in [1.165, 1.54) is 24.3 Å². The molecule has 3 rings (SSSR count). The van der Waals surface area contributed by atoms with E-state index in [1.807, 2.05) is 22.6 Å². The third kappa shape index (κ3) is 4.42. The highest BCUT2D eigenvalue weighted by Gasteiger charge is 2.31. The van der Waals surface area contributed by atoms with Crippen molar-refractivity contribution in [3.63, 3.8) is 0 Å². The monoisotopic (exact) mass is 493 g/mol. The van der Waals surface area contributed by atoms with Crippen molar-refractivity contribution >= 4 is 22.6 Å². The number of benzene rings is 2. The van der Waals surface area contributed by atoms with Gasteiger partial charge >= 0.3 is 12.4 Å². The topological polar surface area (TPSA) is 12.9 Å². The van der Waals surface area contributed by atoms with Gasteiger partial charge in [-0.05, 0) is 59.0 Å². The molecule has 0 amide bonds. The molecule has 0 atom stereocenters. The lowest BCUT2D eigenvalue weighted by molar-refractivity contribution is -0.138. The molecule has 0 fully saturated rings. The van der Waals surface area contributed by atoms with E-state index in [0.29, 0.717) is 26.1 Å². The van der Waals surface area contributed by atoms with Gasteiger partial charge in [0, 0.05) is 14.7 Å². The quantitative estimate of drug-likeness (QED) is 0.275. The maximum atomic E-state index is 12.7. The summed E-state index contributed by atoms with van der Waals surface area (Å²) in [4.78, 5) is 4.43. The zero-order valence-corrected chi connectivity index (χ0v) is 15.5. The molecule has 3 aromatic rings. The smallest absolute Gasteiger partial charge is 0.247 e. The summed E-state index contributed by atoms with van der Waals surface area (Å²) in [5.41, 5.74) is 0.328.